The summed E-state index contributed by atoms with van der Waals surface area (Å²) in [5, 5.41) is 36.5. The van der Waals surface area contributed by atoms with Crippen molar-refractivity contribution in [3.63, 3.8) is 0 Å². The molecule has 0 aliphatic rings. The van der Waals surface area contributed by atoms with Crippen LogP contribution in [0.15, 0.2) is 0 Å². The summed E-state index contributed by atoms with van der Waals surface area (Å²) in [6.07, 6.45) is 18.0. The van der Waals surface area contributed by atoms with Crippen molar-refractivity contribution < 1.29 is 20.1 Å². The molecule has 0 spiro atoms. The normalized spacial score (nSPS) is 12.8. The molecule has 0 saturated heterocycles. The van der Waals surface area contributed by atoms with E-state index in [9.17, 15) is 20.1 Å². The fourth-order valence-corrected chi connectivity index (χ4v) is 4.20. The highest BCUT2D eigenvalue weighted by atomic mass is 16.3. The van der Waals surface area contributed by atoms with Crippen LogP contribution in [-0.4, -0.2) is 60.2 Å². The lowest BCUT2D eigenvalue weighted by Crippen LogP contribution is -2.49. The molecule has 1 unspecified atom stereocenters. The zero-order chi connectivity index (χ0) is 24.6. The average molecular weight is 473 g/mol. The van der Waals surface area contributed by atoms with Gasteiger partial charge in [0.15, 0.2) is 0 Å². The van der Waals surface area contributed by atoms with Crippen molar-refractivity contribution in [2.45, 2.75) is 129 Å². The van der Waals surface area contributed by atoms with Gasteiger partial charge in [-0.3, -0.25) is 4.79 Å². The summed E-state index contributed by atoms with van der Waals surface area (Å²) in [5.74, 6) is 0.121. The van der Waals surface area contributed by atoms with Crippen LogP contribution in [0.1, 0.15) is 123 Å². The van der Waals surface area contributed by atoms with E-state index in [4.69, 9.17) is 0 Å². The minimum Gasteiger partial charge on any atom is -0.396 e. The highest BCUT2D eigenvalue weighted by Crippen LogP contribution is 2.25. The fourth-order valence-electron chi connectivity index (χ4n) is 4.20. The molecule has 0 rings (SSSR count). The lowest BCUT2D eigenvalue weighted by Gasteiger charge is -2.35. The Morgan fingerprint density at radius 2 is 1.24 bits per heavy atom. The van der Waals surface area contributed by atoms with Crippen LogP contribution in [0.25, 0.3) is 0 Å². The highest BCUT2D eigenvalue weighted by Gasteiger charge is 2.36. The molecule has 0 aromatic heterocycles. The average Bonchev–Trinajstić information content (AvgIpc) is 2.82. The number of nitrogens with one attached hydrogen (secondary N) is 2. The Hall–Kier alpha value is -0.690. The lowest BCUT2D eigenvalue weighted by atomic mass is 9.81. The largest absolute Gasteiger partial charge is 0.396 e. The second-order valence-corrected chi connectivity index (χ2v) is 9.86. The number of unbranched alkanes of at least 4 members (excludes halogenated alkanes) is 12. The number of aliphatic hydroxyl groups excluding tert-OH is 3. The van der Waals surface area contributed by atoms with Crippen LogP contribution >= 0.6 is 0 Å². The van der Waals surface area contributed by atoms with E-state index in [0.29, 0.717) is 32.5 Å². The molecule has 198 valence electrons. The number of carbonyl (C=O) groups excluding carboxylic acids is 1. The van der Waals surface area contributed by atoms with Gasteiger partial charge in [-0.1, -0.05) is 97.3 Å². The Balaban J connectivity index is 3.84. The van der Waals surface area contributed by atoms with E-state index in [1.54, 1.807) is 0 Å². The number of carbonyl (C=O) groups is 1. The van der Waals surface area contributed by atoms with Crippen molar-refractivity contribution in [1.82, 2.24) is 10.6 Å². The maximum absolute atomic E-state index is 11.9. The Kier molecular flexibility index (Phi) is 22.6. The van der Waals surface area contributed by atoms with E-state index in [-0.39, 0.29) is 19.1 Å². The van der Waals surface area contributed by atoms with Gasteiger partial charge in [0.2, 0.25) is 5.91 Å². The molecule has 0 heterocycles. The summed E-state index contributed by atoms with van der Waals surface area (Å²) in [6.45, 7) is 5.58. The molecule has 0 aromatic carbocycles. The topological polar surface area (TPSA) is 102 Å². The smallest absolute Gasteiger partial charge is 0.219 e. The maximum Gasteiger partial charge on any atom is 0.219 e. The predicted octanol–water partition coefficient (Wildman–Crippen LogP) is 4.70. The van der Waals surface area contributed by atoms with Gasteiger partial charge < -0.3 is 26.0 Å². The Morgan fingerprint density at radius 3 is 1.79 bits per heavy atom. The molecular formula is C27H56N2O4. The van der Waals surface area contributed by atoms with Crippen LogP contribution in [-0.2, 0) is 4.79 Å². The van der Waals surface area contributed by atoms with Crippen LogP contribution < -0.4 is 10.6 Å². The van der Waals surface area contributed by atoms with E-state index in [2.05, 4.69) is 24.5 Å². The minimum absolute atomic E-state index is 0.121. The Morgan fingerprint density at radius 1 is 0.727 bits per heavy atom. The molecule has 0 saturated carbocycles. The molecule has 0 aromatic rings. The quantitative estimate of drug-likeness (QED) is 0.124. The third-order valence-electron chi connectivity index (χ3n) is 6.75. The number of amides is 1. The molecule has 0 fully saturated rings. The first-order valence-electron chi connectivity index (χ1n) is 13.9. The van der Waals surface area contributed by atoms with E-state index in [1.807, 2.05) is 0 Å². The van der Waals surface area contributed by atoms with Crippen LogP contribution in [0.2, 0.25) is 0 Å². The van der Waals surface area contributed by atoms with Gasteiger partial charge in [-0.2, -0.15) is 0 Å². The van der Waals surface area contributed by atoms with Gasteiger partial charge in [0.25, 0.3) is 0 Å². The van der Waals surface area contributed by atoms with Gasteiger partial charge in [0.1, 0.15) is 0 Å². The van der Waals surface area contributed by atoms with Crippen LogP contribution in [0, 0.1) is 5.41 Å². The van der Waals surface area contributed by atoms with E-state index < -0.39 is 11.5 Å². The maximum atomic E-state index is 11.9. The lowest BCUT2D eigenvalue weighted by molar-refractivity contribution is -0.121. The van der Waals surface area contributed by atoms with Gasteiger partial charge in [0, 0.05) is 19.5 Å². The molecule has 0 radical (unpaired) electrons. The Labute approximate surface area is 204 Å². The summed E-state index contributed by atoms with van der Waals surface area (Å²) in [5.41, 5.74) is -0.913. The van der Waals surface area contributed by atoms with Crippen molar-refractivity contribution in [3.8, 4) is 0 Å². The summed E-state index contributed by atoms with van der Waals surface area (Å²) < 4.78 is 0. The van der Waals surface area contributed by atoms with E-state index >= 15 is 0 Å². The second kappa shape index (κ2) is 23.1. The third kappa shape index (κ3) is 17.4. The highest BCUT2D eigenvalue weighted by molar-refractivity contribution is 5.75. The molecule has 0 aliphatic heterocycles. The third-order valence-corrected chi connectivity index (χ3v) is 6.75. The van der Waals surface area contributed by atoms with Gasteiger partial charge in [-0.15, -0.1) is 0 Å². The van der Waals surface area contributed by atoms with Gasteiger partial charge in [-0.25, -0.2) is 0 Å². The van der Waals surface area contributed by atoms with Gasteiger partial charge >= 0.3 is 0 Å². The van der Waals surface area contributed by atoms with Gasteiger partial charge in [-0.05, 0) is 25.8 Å². The number of rotatable bonds is 25. The van der Waals surface area contributed by atoms with E-state index in [0.717, 1.165) is 32.1 Å². The fraction of sp³-hybridized carbons (Fsp3) is 0.963. The first kappa shape index (κ1) is 32.3. The standard InChI is InChI=1S/C27H56N2O4/c1-3-5-7-9-11-12-14-16-19-26(33)29-21-17-20-28-22-27(23-30,24-31)25(32)18-15-13-10-8-6-4-2/h25,28,30-32H,3-24H2,1-2H3,(H,29,33). The molecule has 0 aliphatic carbocycles. The first-order chi connectivity index (χ1) is 16.1. The molecule has 6 heteroatoms. The summed E-state index contributed by atoms with van der Waals surface area (Å²) in [6, 6.07) is 0. The van der Waals surface area contributed by atoms with Crippen molar-refractivity contribution >= 4 is 5.91 Å². The monoisotopic (exact) mass is 472 g/mol. The van der Waals surface area contributed by atoms with Crippen molar-refractivity contribution in [2.24, 2.45) is 5.41 Å². The summed E-state index contributed by atoms with van der Waals surface area (Å²) in [4.78, 5) is 11.9. The van der Waals surface area contributed by atoms with Crippen LogP contribution in [0.3, 0.4) is 0 Å². The van der Waals surface area contributed by atoms with Gasteiger partial charge in [0.05, 0.1) is 24.7 Å². The zero-order valence-electron chi connectivity index (χ0n) is 21.9. The minimum atomic E-state index is -0.913. The second-order valence-electron chi connectivity index (χ2n) is 9.86. The summed E-state index contributed by atoms with van der Waals surface area (Å²) in [7, 11) is 0. The van der Waals surface area contributed by atoms with E-state index in [1.165, 1.54) is 64.2 Å². The molecule has 5 N–H and O–H groups in total. The van der Waals surface area contributed by atoms with Crippen molar-refractivity contribution in [3.05, 3.63) is 0 Å². The Bertz CT molecular complexity index is 430. The number of aliphatic hydroxyl groups is 3. The summed E-state index contributed by atoms with van der Waals surface area (Å²) >= 11 is 0. The molecule has 1 amide bonds. The van der Waals surface area contributed by atoms with Crippen molar-refractivity contribution in [1.29, 1.82) is 0 Å². The zero-order valence-corrected chi connectivity index (χ0v) is 21.9. The predicted molar refractivity (Wildman–Crippen MR) is 138 cm³/mol. The molecule has 6 nitrogen and oxygen atoms in total. The van der Waals surface area contributed by atoms with Crippen LogP contribution in [0.4, 0.5) is 0 Å². The SMILES string of the molecule is CCCCCCCCCCC(=O)NCCCNCC(CO)(CO)C(O)CCCCCCCC. The number of hydrogen-bond acceptors (Lipinski definition) is 5. The number of hydrogen-bond donors (Lipinski definition) is 5. The first-order valence-corrected chi connectivity index (χ1v) is 13.9. The van der Waals surface area contributed by atoms with Crippen LogP contribution in [0.5, 0.6) is 0 Å². The molecular weight excluding hydrogens is 416 g/mol. The molecule has 33 heavy (non-hydrogen) atoms. The molecule has 1 atom stereocenters. The van der Waals surface area contributed by atoms with Crippen molar-refractivity contribution in [2.75, 3.05) is 32.8 Å². The molecule has 0 bridgehead atoms.